The first-order valence-electron chi connectivity index (χ1n) is 8.34. The standard InChI is InChI=1S/C19H18Cl2N2O2/c20-14-2-1-3-16(12-14)22-6-8-23(9-7-22)19(24)18-11-13-10-15(21)4-5-17(13)25-18/h1-5,10,12,18H,6-9,11H2. The molecule has 1 fully saturated rings. The smallest absolute Gasteiger partial charge is 0.264 e. The number of carbonyl (C=O) groups excluding carboxylic acids is 1. The van der Waals surface area contributed by atoms with E-state index in [4.69, 9.17) is 27.9 Å². The van der Waals surface area contributed by atoms with Gasteiger partial charge in [0.15, 0.2) is 6.10 Å². The van der Waals surface area contributed by atoms with Gasteiger partial charge in [-0.3, -0.25) is 4.79 Å². The van der Waals surface area contributed by atoms with E-state index in [1.54, 1.807) is 6.07 Å². The first kappa shape index (κ1) is 16.6. The molecule has 6 heteroatoms. The van der Waals surface area contributed by atoms with E-state index in [-0.39, 0.29) is 5.91 Å². The van der Waals surface area contributed by atoms with Crippen molar-refractivity contribution in [2.75, 3.05) is 31.1 Å². The predicted octanol–water partition coefficient (Wildman–Crippen LogP) is 3.65. The van der Waals surface area contributed by atoms with Crippen LogP contribution in [0.15, 0.2) is 42.5 Å². The van der Waals surface area contributed by atoms with Gasteiger partial charge in [-0.1, -0.05) is 29.3 Å². The molecule has 4 nitrogen and oxygen atoms in total. The Morgan fingerprint density at radius 2 is 1.76 bits per heavy atom. The molecule has 1 saturated heterocycles. The quantitative estimate of drug-likeness (QED) is 0.801. The molecule has 0 radical (unpaired) electrons. The zero-order valence-electron chi connectivity index (χ0n) is 13.6. The van der Waals surface area contributed by atoms with Gasteiger partial charge in [-0.2, -0.15) is 0 Å². The molecule has 0 bridgehead atoms. The van der Waals surface area contributed by atoms with Gasteiger partial charge in [-0.25, -0.2) is 0 Å². The highest BCUT2D eigenvalue weighted by atomic mass is 35.5. The summed E-state index contributed by atoms with van der Waals surface area (Å²) in [6.07, 6.45) is 0.148. The molecule has 2 aromatic carbocycles. The number of piperazine rings is 1. The maximum Gasteiger partial charge on any atom is 0.264 e. The number of carbonyl (C=O) groups is 1. The van der Waals surface area contributed by atoms with E-state index in [0.29, 0.717) is 24.5 Å². The summed E-state index contributed by atoms with van der Waals surface area (Å²) >= 11 is 12.1. The monoisotopic (exact) mass is 376 g/mol. The Morgan fingerprint density at radius 1 is 1.00 bits per heavy atom. The number of fused-ring (bicyclic) bond motifs is 1. The zero-order chi connectivity index (χ0) is 17.4. The summed E-state index contributed by atoms with van der Waals surface area (Å²) in [5.74, 6) is 0.818. The summed E-state index contributed by atoms with van der Waals surface area (Å²) in [5, 5.41) is 1.40. The largest absolute Gasteiger partial charge is 0.480 e. The van der Waals surface area contributed by atoms with Crippen LogP contribution < -0.4 is 9.64 Å². The number of hydrogen-bond acceptors (Lipinski definition) is 3. The molecule has 0 aromatic heterocycles. The minimum absolute atomic E-state index is 0.0538. The van der Waals surface area contributed by atoms with E-state index in [0.717, 1.165) is 35.1 Å². The lowest BCUT2D eigenvalue weighted by Gasteiger charge is -2.37. The van der Waals surface area contributed by atoms with Gasteiger partial charge in [-0.15, -0.1) is 0 Å². The van der Waals surface area contributed by atoms with Gasteiger partial charge in [0.25, 0.3) is 5.91 Å². The van der Waals surface area contributed by atoms with Crippen molar-refractivity contribution in [2.24, 2.45) is 0 Å². The van der Waals surface area contributed by atoms with E-state index in [2.05, 4.69) is 4.90 Å². The Kier molecular flexibility index (Phi) is 4.48. The molecule has 4 rings (SSSR count). The summed E-state index contributed by atoms with van der Waals surface area (Å²) in [6, 6.07) is 13.3. The average Bonchev–Trinajstić information content (AvgIpc) is 3.04. The Balaban J connectivity index is 1.37. The van der Waals surface area contributed by atoms with E-state index < -0.39 is 6.10 Å². The fraction of sp³-hybridized carbons (Fsp3) is 0.316. The molecular formula is C19H18Cl2N2O2. The molecular weight excluding hydrogens is 359 g/mol. The molecule has 2 aliphatic heterocycles. The van der Waals surface area contributed by atoms with Crippen molar-refractivity contribution in [3.63, 3.8) is 0 Å². The SMILES string of the molecule is O=C(C1Cc2cc(Cl)ccc2O1)N1CCN(c2cccc(Cl)c2)CC1. The maximum absolute atomic E-state index is 12.8. The number of nitrogens with zero attached hydrogens (tertiary/aromatic N) is 2. The number of ether oxygens (including phenoxy) is 1. The minimum atomic E-state index is -0.439. The van der Waals surface area contributed by atoms with Crippen molar-refractivity contribution >= 4 is 34.8 Å². The number of rotatable bonds is 2. The second-order valence-corrected chi connectivity index (χ2v) is 7.23. The maximum atomic E-state index is 12.8. The van der Waals surface area contributed by atoms with Gasteiger partial charge < -0.3 is 14.5 Å². The van der Waals surface area contributed by atoms with Crippen molar-refractivity contribution in [1.29, 1.82) is 0 Å². The Labute approximate surface area is 156 Å². The van der Waals surface area contributed by atoms with Gasteiger partial charge in [0, 0.05) is 48.3 Å². The second-order valence-electron chi connectivity index (χ2n) is 6.35. The third-order valence-electron chi connectivity index (χ3n) is 4.74. The zero-order valence-corrected chi connectivity index (χ0v) is 15.1. The van der Waals surface area contributed by atoms with Crippen LogP contribution in [0.3, 0.4) is 0 Å². The van der Waals surface area contributed by atoms with Gasteiger partial charge in [0.1, 0.15) is 5.75 Å². The van der Waals surface area contributed by atoms with Gasteiger partial charge >= 0.3 is 0 Å². The van der Waals surface area contributed by atoms with Gasteiger partial charge in [0.2, 0.25) is 0 Å². The van der Waals surface area contributed by atoms with Crippen molar-refractivity contribution < 1.29 is 9.53 Å². The number of benzene rings is 2. The van der Waals surface area contributed by atoms with Crippen LogP contribution in [0, 0.1) is 0 Å². The summed E-state index contributed by atoms with van der Waals surface area (Å²) in [6.45, 7) is 2.94. The molecule has 130 valence electrons. The lowest BCUT2D eigenvalue weighted by molar-refractivity contribution is -0.138. The van der Waals surface area contributed by atoms with E-state index >= 15 is 0 Å². The van der Waals surface area contributed by atoms with Crippen LogP contribution in [0.25, 0.3) is 0 Å². The van der Waals surface area contributed by atoms with Crippen LogP contribution >= 0.6 is 23.2 Å². The van der Waals surface area contributed by atoms with Crippen LogP contribution in [0.5, 0.6) is 5.75 Å². The van der Waals surface area contributed by atoms with Crippen LogP contribution in [0.2, 0.25) is 10.0 Å². The molecule has 0 spiro atoms. The third-order valence-corrected chi connectivity index (χ3v) is 5.21. The number of hydrogen-bond donors (Lipinski definition) is 0. The Bertz CT molecular complexity index is 804. The molecule has 1 unspecified atom stereocenters. The lowest BCUT2D eigenvalue weighted by atomic mass is 10.1. The summed E-state index contributed by atoms with van der Waals surface area (Å²) < 4.78 is 5.82. The molecule has 2 heterocycles. The van der Waals surface area contributed by atoms with Crippen LogP contribution in [0.4, 0.5) is 5.69 Å². The average molecular weight is 377 g/mol. The van der Waals surface area contributed by atoms with E-state index in [1.807, 2.05) is 41.3 Å². The number of anilines is 1. The highest BCUT2D eigenvalue weighted by molar-refractivity contribution is 6.31. The van der Waals surface area contributed by atoms with Crippen molar-refractivity contribution in [3.05, 3.63) is 58.1 Å². The van der Waals surface area contributed by atoms with Crippen molar-refractivity contribution in [2.45, 2.75) is 12.5 Å². The molecule has 0 aliphatic carbocycles. The molecule has 0 saturated carbocycles. The highest BCUT2D eigenvalue weighted by Gasteiger charge is 2.33. The van der Waals surface area contributed by atoms with Gasteiger partial charge in [-0.05, 0) is 42.0 Å². The topological polar surface area (TPSA) is 32.8 Å². The Hall–Kier alpha value is -1.91. The summed E-state index contributed by atoms with van der Waals surface area (Å²) in [4.78, 5) is 16.9. The van der Waals surface area contributed by atoms with E-state index in [1.165, 1.54) is 0 Å². The number of amides is 1. The summed E-state index contributed by atoms with van der Waals surface area (Å²) in [5.41, 5.74) is 2.10. The summed E-state index contributed by atoms with van der Waals surface area (Å²) in [7, 11) is 0. The van der Waals surface area contributed by atoms with Crippen molar-refractivity contribution in [3.8, 4) is 5.75 Å². The first-order chi connectivity index (χ1) is 12.1. The van der Waals surface area contributed by atoms with Gasteiger partial charge in [0.05, 0.1) is 0 Å². The normalized spacial score (nSPS) is 19.5. The molecule has 2 aromatic rings. The fourth-order valence-corrected chi connectivity index (χ4v) is 3.80. The third kappa shape index (κ3) is 3.42. The molecule has 2 aliphatic rings. The number of halogens is 2. The highest BCUT2D eigenvalue weighted by Crippen LogP contribution is 2.32. The van der Waals surface area contributed by atoms with Crippen LogP contribution in [0.1, 0.15) is 5.56 Å². The molecule has 25 heavy (non-hydrogen) atoms. The van der Waals surface area contributed by atoms with Crippen LogP contribution in [-0.4, -0.2) is 43.1 Å². The fourth-order valence-electron chi connectivity index (χ4n) is 3.42. The van der Waals surface area contributed by atoms with Crippen molar-refractivity contribution in [1.82, 2.24) is 4.90 Å². The first-order valence-corrected chi connectivity index (χ1v) is 9.10. The molecule has 1 atom stereocenters. The van der Waals surface area contributed by atoms with Crippen LogP contribution in [-0.2, 0) is 11.2 Å². The van der Waals surface area contributed by atoms with E-state index in [9.17, 15) is 4.79 Å². The second kappa shape index (κ2) is 6.77. The minimum Gasteiger partial charge on any atom is -0.480 e. The molecule has 1 amide bonds. The predicted molar refractivity (Wildman–Crippen MR) is 99.8 cm³/mol. The molecule has 0 N–H and O–H groups in total. The Morgan fingerprint density at radius 3 is 2.52 bits per heavy atom. The lowest BCUT2D eigenvalue weighted by Crippen LogP contribution is -2.52.